The van der Waals surface area contributed by atoms with Gasteiger partial charge in [-0.15, -0.1) is 0 Å². The standard InChI is InChI=1S/C23H24ClN3O4/c1-14(2)10-11-27-22(30)16-9-8-15(12-17(16)23(27)31)21(29)26(3)13-20(28)25-19-7-5-4-6-18(19)24/h4-9,12,14H,10-11,13H2,1-3H3,(H,25,28). The Morgan fingerprint density at radius 2 is 1.74 bits per heavy atom. The van der Waals surface area contributed by atoms with Gasteiger partial charge in [-0.3, -0.25) is 24.1 Å². The number of fused-ring (bicyclic) bond motifs is 1. The van der Waals surface area contributed by atoms with E-state index in [0.717, 1.165) is 0 Å². The minimum atomic E-state index is -0.432. The molecule has 1 aliphatic heterocycles. The first kappa shape index (κ1) is 22.5. The zero-order valence-electron chi connectivity index (χ0n) is 17.6. The number of hydrogen-bond acceptors (Lipinski definition) is 4. The number of halogens is 1. The van der Waals surface area contributed by atoms with Crippen molar-refractivity contribution in [3.05, 3.63) is 64.2 Å². The van der Waals surface area contributed by atoms with Crippen molar-refractivity contribution in [2.45, 2.75) is 20.3 Å². The maximum Gasteiger partial charge on any atom is 0.261 e. The third kappa shape index (κ3) is 4.94. The summed E-state index contributed by atoms with van der Waals surface area (Å²) < 4.78 is 0. The number of nitrogens with zero attached hydrogens (tertiary/aromatic N) is 2. The van der Waals surface area contributed by atoms with E-state index in [9.17, 15) is 19.2 Å². The molecule has 1 N–H and O–H groups in total. The van der Waals surface area contributed by atoms with Crippen molar-refractivity contribution in [1.29, 1.82) is 0 Å². The van der Waals surface area contributed by atoms with Crippen LogP contribution in [0.4, 0.5) is 5.69 Å². The van der Waals surface area contributed by atoms with Crippen molar-refractivity contribution in [3.63, 3.8) is 0 Å². The van der Waals surface area contributed by atoms with Gasteiger partial charge >= 0.3 is 0 Å². The Morgan fingerprint density at radius 3 is 2.42 bits per heavy atom. The fraction of sp³-hybridized carbons (Fsp3) is 0.304. The molecule has 0 radical (unpaired) electrons. The molecular weight excluding hydrogens is 418 g/mol. The lowest BCUT2D eigenvalue weighted by molar-refractivity contribution is -0.116. The molecule has 0 bridgehead atoms. The highest BCUT2D eigenvalue weighted by atomic mass is 35.5. The van der Waals surface area contributed by atoms with Crippen LogP contribution < -0.4 is 5.32 Å². The molecule has 2 aromatic carbocycles. The van der Waals surface area contributed by atoms with Crippen LogP contribution in [0.2, 0.25) is 5.02 Å². The van der Waals surface area contributed by atoms with Crippen molar-refractivity contribution < 1.29 is 19.2 Å². The van der Waals surface area contributed by atoms with Crippen LogP contribution in [0.3, 0.4) is 0 Å². The van der Waals surface area contributed by atoms with Crippen LogP contribution in [0, 0.1) is 5.92 Å². The highest BCUT2D eigenvalue weighted by Crippen LogP contribution is 2.25. The molecule has 3 rings (SSSR count). The lowest BCUT2D eigenvalue weighted by Gasteiger charge is -2.17. The molecule has 4 amide bonds. The van der Waals surface area contributed by atoms with Gasteiger partial charge in [-0.05, 0) is 42.7 Å². The number of hydrogen-bond donors (Lipinski definition) is 1. The number of imide groups is 1. The summed E-state index contributed by atoms with van der Waals surface area (Å²) in [5, 5.41) is 3.06. The minimum Gasteiger partial charge on any atom is -0.332 e. The minimum absolute atomic E-state index is 0.200. The molecule has 0 saturated heterocycles. The highest BCUT2D eigenvalue weighted by Gasteiger charge is 2.36. The monoisotopic (exact) mass is 441 g/mol. The molecule has 0 spiro atoms. The first-order chi connectivity index (χ1) is 14.7. The largest absolute Gasteiger partial charge is 0.332 e. The van der Waals surface area contributed by atoms with E-state index < -0.39 is 17.7 Å². The molecule has 1 aliphatic rings. The van der Waals surface area contributed by atoms with Crippen LogP contribution in [0.5, 0.6) is 0 Å². The number of amides is 4. The van der Waals surface area contributed by atoms with Crippen molar-refractivity contribution in [3.8, 4) is 0 Å². The number of anilines is 1. The van der Waals surface area contributed by atoms with E-state index in [1.165, 1.54) is 35.0 Å². The summed E-state index contributed by atoms with van der Waals surface area (Å²) in [6.07, 6.45) is 0.709. The fourth-order valence-corrected chi connectivity index (χ4v) is 3.46. The first-order valence-electron chi connectivity index (χ1n) is 9.99. The summed E-state index contributed by atoms with van der Waals surface area (Å²) in [5.74, 6) is -1.22. The Labute approximate surface area is 186 Å². The maximum absolute atomic E-state index is 12.8. The van der Waals surface area contributed by atoms with Crippen LogP contribution >= 0.6 is 11.6 Å². The number of para-hydroxylation sites is 1. The molecular formula is C23H24ClN3O4. The molecule has 1 heterocycles. The van der Waals surface area contributed by atoms with E-state index in [1.807, 2.05) is 13.8 Å². The Hall–Kier alpha value is -3.19. The summed E-state index contributed by atoms with van der Waals surface area (Å²) in [4.78, 5) is 52.8. The summed E-state index contributed by atoms with van der Waals surface area (Å²) in [6, 6.07) is 11.2. The number of carbonyl (C=O) groups excluding carboxylic acids is 4. The first-order valence-corrected chi connectivity index (χ1v) is 10.4. The normalized spacial score (nSPS) is 12.9. The zero-order valence-corrected chi connectivity index (χ0v) is 18.4. The molecule has 2 aromatic rings. The van der Waals surface area contributed by atoms with Gasteiger partial charge in [0.15, 0.2) is 0 Å². The van der Waals surface area contributed by atoms with E-state index >= 15 is 0 Å². The Kier molecular flexibility index (Phi) is 6.75. The van der Waals surface area contributed by atoms with Gasteiger partial charge in [-0.25, -0.2) is 0 Å². The summed E-state index contributed by atoms with van der Waals surface area (Å²) in [7, 11) is 1.49. The maximum atomic E-state index is 12.8. The number of rotatable bonds is 7. The van der Waals surface area contributed by atoms with Gasteiger partial charge in [0, 0.05) is 19.2 Å². The van der Waals surface area contributed by atoms with Crippen LogP contribution in [-0.4, -0.2) is 53.6 Å². The van der Waals surface area contributed by atoms with E-state index in [-0.39, 0.29) is 23.6 Å². The van der Waals surface area contributed by atoms with Gasteiger partial charge in [0.1, 0.15) is 0 Å². The number of likely N-dealkylation sites (N-methyl/N-ethyl adjacent to an activating group) is 1. The third-order valence-corrected chi connectivity index (χ3v) is 5.35. The van der Waals surface area contributed by atoms with E-state index in [2.05, 4.69) is 5.32 Å². The summed E-state index contributed by atoms with van der Waals surface area (Å²) >= 11 is 6.04. The Balaban J connectivity index is 1.69. The molecule has 31 heavy (non-hydrogen) atoms. The topological polar surface area (TPSA) is 86.8 Å². The number of benzene rings is 2. The molecule has 8 heteroatoms. The van der Waals surface area contributed by atoms with Crippen molar-refractivity contribution >= 4 is 40.9 Å². The predicted molar refractivity (Wildman–Crippen MR) is 118 cm³/mol. The molecule has 0 aliphatic carbocycles. The van der Waals surface area contributed by atoms with Crippen molar-refractivity contribution in [2.24, 2.45) is 5.92 Å². The molecule has 7 nitrogen and oxygen atoms in total. The molecule has 0 atom stereocenters. The second-order valence-electron chi connectivity index (χ2n) is 7.89. The quantitative estimate of drug-likeness (QED) is 0.664. The van der Waals surface area contributed by atoms with Gasteiger partial charge in [0.25, 0.3) is 17.7 Å². The summed E-state index contributed by atoms with van der Waals surface area (Å²) in [6.45, 7) is 4.18. The van der Waals surface area contributed by atoms with Crippen LogP contribution in [0.25, 0.3) is 0 Å². The molecule has 0 saturated carbocycles. The van der Waals surface area contributed by atoms with Gasteiger partial charge in [0.05, 0.1) is 28.4 Å². The van der Waals surface area contributed by atoms with Crippen LogP contribution in [0.1, 0.15) is 51.3 Å². The van der Waals surface area contributed by atoms with Crippen LogP contribution in [0.15, 0.2) is 42.5 Å². The van der Waals surface area contributed by atoms with E-state index in [4.69, 9.17) is 11.6 Å². The average Bonchev–Trinajstić information content (AvgIpc) is 2.97. The van der Waals surface area contributed by atoms with Crippen LogP contribution in [-0.2, 0) is 4.79 Å². The average molecular weight is 442 g/mol. The zero-order chi connectivity index (χ0) is 22.7. The van der Waals surface area contributed by atoms with Crippen molar-refractivity contribution in [1.82, 2.24) is 9.80 Å². The molecule has 0 unspecified atom stereocenters. The number of nitrogens with one attached hydrogen (secondary N) is 1. The Morgan fingerprint density at radius 1 is 1.06 bits per heavy atom. The number of carbonyl (C=O) groups is 4. The second kappa shape index (κ2) is 9.31. The van der Waals surface area contributed by atoms with E-state index in [0.29, 0.717) is 35.2 Å². The lowest BCUT2D eigenvalue weighted by atomic mass is 10.0. The molecule has 0 fully saturated rings. The Bertz CT molecular complexity index is 1050. The van der Waals surface area contributed by atoms with E-state index in [1.54, 1.807) is 24.3 Å². The predicted octanol–water partition coefficient (Wildman–Crippen LogP) is 3.69. The highest BCUT2D eigenvalue weighted by molar-refractivity contribution is 6.33. The molecule has 0 aromatic heterocycles. The van der Waals surface area contributed by atoms with Crippen molar-refractivity contribution in [2.75, 3.05) is 25.5 Å². The van der Waals surface area contributed by atoms with Gasteiger partial charge in [-0.1, -0.05) is 37.6 Å². The molecule has 162 valence electrons. The third-order valence-electron chi connectivity index (χ3n) is 5.02. The van der Waals surface area contributed by atoms with Gasteiger partial charge in [-0.2, -0.15) is 0 Å². The fourth-order valence-electron chi connectivity index (χ4n) is 3.27. The second-order valence-corrected chi connectivity index (χ2v) is 8.30. The summed E-state index contributed by atoms with van der Waals surface area (Å²) in [5.41, 5.74) is 1.20. The smallest absolute Gasteiger partial charge is 0.261 e. The van der Waals surface area contributed by atoms with Gasteiger partial charge < -0.3 is 10.2 Å². The SMILES string of the molecule is CC(C)CCN1C(=O)c2ccc(C(=O)N(C)CC(=O)Nc3ccccc3Cl)cc2C1=O. The lowest BCUT2D eigenvalue weighted by Crippen LogP contribution is -2.35. The van der Waals surface area contributed by atoms with Gasteiger partial charge in [0.2, 0.25) is 5.91 Å².